The number of ether oxygens (including phenoxy) is 1. The number of hydrogen-bond donors (Lipinski definition) is 2. The first-order valence-electron chi connectivity index (χ1n) is 12.3. The molecular weight excluding hydrogens is 492 g/mol. The number of fused-ring (bicyclic) bond motifs is 1. The van der Waals surface area contributed by atoms with Crippen LogP contribution in [0.25, 0.3) is 27.7 Å². The Bertz CT molecular complexity index is 1850. The summed E-state index contributed by atoms with van der Waals surface area (Å²) < 4.78 is 9.54. The number of anilines is 1. The fourth-order valence-corrected chi connectivity index (χ4v) is 4.48. The molecular formula is C30H24N6O3. The number of amides is 1. The maximum absolute atomic E-state index is 13.1. The van der Waals surface area contributed by atoms with Crippen LogP contribution in [0.15, 0.2) is 102 Å². The lowest BCUT2D eigenvalue weighted by atomic mass is 10.1. The molecule has 2 N–H and O–H groups in total. The van der Waals surface area contributed by atoms with Crippen molar-refractivity contribution in [3.8, 4) is 28.3 Å². The van der Waals surface area contributed by atoms with Gasteiger partial charge < -0.3 is 10.1 Å². The molecule has 0 spiro atoms. The van der Waals surface area contributed by atoms with Crippen LogP contribution in [0.3, 0.4) is 0 Å². The molecule has 0 aliphatic carbocycles. The van der Waals surface area contributed by atoms with Crippen LogP contribution in [-0.2, 0) is 7.05 Å². The van der Waals surface area contributed by atoms with Gasteiger partial charge >= 0.3 is 0 Å². The summed E-state index contributed by atoms with van der Waals surface area (Å²) >= 11 is 0. The monoisotopic (exact) mass is 516 g/mol. The molecule has 0 fully saturated rings. The first kappa shape index (κ1) is 23.9. The number of aromatic amines is 1. The number of aryl methyl sites for hydroxylation is 2. The van der Waals surface area contributed by atoms with Gasteiger partial charge in [0.05, 0.1) is 17.9 Å². The molecule has 1 amide bonds. The van der Waals surface area contributed by atoms with Gasteiger partial charge in [-0.15, -0.1) is 0 Å². The lowest BCUT2D eigenvalue weighted by molar-refractivity contribution is 0.102. The van der Waals surface area contributed by atoms with Gasteiger partial charge in [-0.3, -0.25) is 23.9 Å². The predicted molar refractivity (Wildman–Crippen MR) is 150 cm³/mol. The van der Waals surface area contributed by atoms with Gasteiger partial charge in [0.1, 0.15) is 17.1 Å². The average Bonchev–Trinajstić information content (AvgIpc) is 3.61. The largest absolute Gasteiger partial charge is 0.457 e. The molecule has 0 atom stereocenters. The molecule has 0 aliphatic heterocycles. The zero-order valence-corrected chi connectivity index (χ0v) is 21.3. The number of nitrogens with one attached hydrogen (secondary N) is 2. The highest BCUT2D eigenvalue weighted by Crippen LogP contribution is 2.36. The van der Waals surface area contributed by atoms with Crippen LogP contribution in [0.1, 0.15) is 15.9 Å². The van der Waals surface area contributed by atoms with Gasteiger partial charge in [0.25, 0.3) is 11.5 Å². The highest BCUT2D eigenvalue weighted by atomic mass is 16.5. The maximum Gasteiger partial charge on any atom is 0.267 e. The summed E-state index contributed by atoms with van der Waals surface area (Å²) in [6.45, 7) is 1.85. The molecule has 0 saturated heterocycles. The number of carbonyl (C=O) groups is 1. The van der Waals surface area contributed by atoms with Gasteiger partial charge in [-0.2, -0.15) is 10.2 Å². The van der Waals surface area contributed by atoms with Crippen molar-refractivity contribution in [1.82, 2.24) is 24.5 Å². The van der Waals surface area contributed by atoms with Crippen LogP contribution in [0, 0.1) is 6.92 Å². The summed E-state index contributed by atoms with van der Waals surface area (Å²) in [4.78, 5) is 26.2. The fourth-order valence-electron chi connectivity index (χ4n) is 4.48. The van der Waals surface area contributed by atoms with Crippen LogP contribution in [0.5, 0.6) is 11.5 Å². The zero-order chi connectivity index (χ0) is 26.9. The topological polar surface area (TPSA) is 107 Å². The summed E-state index contributed by atoms with van der Waals surface area (Å²) in [6.07, 6.45) is 7.05. The summed E-state index contributed by atoms with van der Waals surface area (Å²) in [7, 11) is 1.89. The molecule has 9 heteroatoms. The molecule has 9 nitrogen and oxygen atoms in total. The number of benzene rings is 3. The van der Waals surface area contributed by atoms with E-state index in [0.717, 1.165) is 27.6 Å². The first-order chi connectivity index (χ1) is 19.0. The predicted octanol–water partition coefficient (Wildman–Crippen LogP) is 5.47. The van der Waals surface area contributed by atoms with Gasteiger partial charge in [-0.25, -0.2) is 0 Å². The van der Waals surface area contributed by atoms with Crippen LogP contribution in [0.2, 0.25) is 0 Å². The molecule has 192 valence electrons. The molecule has 39 heavy (non-hydrogen) atoms. The van der Waals surface area contributed by atoms with E-state index in [1.165, 1.54) is 4.57 Å². The van der Waals surface area contributed by atoms with Gasteiger partial charge in [0.15, 0.2) is 0 Å². The second-order valence-electron chi connectivity index (χ2n) is 9.18. The van der Waals surface area contributed by atoms with E-state index in [1.54, 1.807) is 55.1 Å². The number of H-pyrrole nitrogens is 1. The molecule has 0 aliphatic rings. The molecule has 0 saturated carbocycles. The number of para-hydroxylation sites is 1. The Kier molecular flexibility index (Phi) is 6.01. The van der Waals surface area contributed by atoms with Gasteiger partial charge in [-0.1, -0.05) is 18.2 Å². The van der Waals surface area contributed by atoms with E-state index in [4.69, 9.17) is 4.74 Å². The molecule has 6 rings (SSSR count). The molecule has 3 aromatic carbocycles. The van der Waals surface area contributed by atoms with Crippen LogP contribution < -0.4 is 15.6 Å². The van der Waals surface area contributed by atoms with Crippen molar-refractivity contribution in [2.75, 3.05) is 5.32 Å². The number of nitrogens with zero attached hydrogens (tertiary/aromatic N) is 4. The van der Waals surface area contributed by atoms with Gasteiger partial charge in [0, 0.05) is 47.3 Å². The second kappa shape index (κ2) is 9.79. The van der Waals surface area contributed by atoms with Crippen molar-refractivity contribution in [2.45, 2.75) is 6.92 Å². The Hall–Kier alpha value is -5.44. The molecule has 3 aromatic heterocycles. The van der Waals surface area contributed by atoms with E-state index in [2.05, 4.69) is 20.6 Å². The Balaban J connectivity index is 1.25. The molecule has 6 aromatic rings. The smallest absolute Gasteiger partial charge is 0.267 e. The third kappa shape index (κ3) is 4.69. The molecule has 3 heterocycles. The quantitative estimate of drug-likeness (QED) is 0.305. The van der Waals surface area contributed by atoms with Crippen molar-refractivity contribution < 1.29 is 9.53 Å². The Morgan fingerprint density at radius 1 is 1.00 bits per heavy atom. The second-order valence-corrected chi connectivity index (χ2v) is 9.18. The summed E-state index contributed by atoms with van der Waals surface area (Å²) in [6, 6.07) is 21.8. The van der Waals surface area contributed by atoms with Crippen LogP contribution >= 0.6 is 0 Å². The number of aromatic nitrogens is 5. The Morgan fingerprint density at radius 2 is 1.79 bits per heavy atom. The number of pyridine rings is 1. The van der Waals surface area contributed by atoms with Crippen molar-refractivity contribution in [3.05, 3.63) is 119 Å². The van der Waals surface area contributed by atoms with Crippen molar-refractivity contribution in [3.63, 3.8) is 0 Å². The minimum absolute atomic E-state index is 0.0636. The average molecular weight is 517 g/mol. The van der Waals surface area contributed by atoms with Crippen molar-refractivity contribution in [2.24, 2.45) is 7.05 Å². The van der Waals surface area contributed by atoms with E-state index in [1.807, 2.05) is 61.1 Å². The molecule has 0 bridgehead atoms. The summed E-state index contributed by atoms with van der Waals surface area (Å²) in [5, 5.41) is 15.0. The van der Waals surface area contributed by atoms with E-state index in [9.17, 15) is 9.59 Å². The van der Waals surface area contributed by atoms with E-state index in [0.29, 0.717) is 22.9 Å². The number of rotatable bonds is 6. The van der Waals surface area contributed by atoms with Crippen molar-refractivity contribution >= 4 is 22.5 Å². The third-order valence-electron chi connectivity index (χ3n) is 6.43. The highest BCUT2D eigenvalue weighted by Gasteiger charge is 2.16. The molecule has 0 unspecified atom stereocenters. The highest BCUT2D eigenvalue weighted by molar-refractivity contribution is 6.04. The van der Waals surface area contributed by atoms with Crippen LogP contribution in [-0.4, -0.2) is 30.5 Å². The fraction of sp³-hybridized carbons (Fsp3) is 0.0667. The van der Waals surface area contributed by atoms with Crippen LogP contribution in [0.4, 0.5) is 5.69 Å². The standard InChI is InChI=1S/C30H24N6O3/c1-19-12-26(30(38)36(18-19)23-6-4-3-5-7-23)29(37)34-22-8-10-24(11-9-22)39-28-13-20-17-33-35(2)27(20)14-25(28)21-15-31-32-16-21/h3-18H,1-2H3,(H,31,32)(H,34,37). The van der Waals surface area contributed by atoms with E-state index in [-0.39, 0.29) is 11.1 Å². The number of carbonyl (C=O) groups excluding carboxylic acids is 1. The summed E-state index contributed by atoms with van der Waals surface area (Å²) in [5.74, 6) is 0.754. The normalized spacial score (nSPS) is 11.0. The number of hydrogen-bond acceptors (Lipinski definition) is 5. The molecule has 0 radical (unpaired) electrons. The van der Waals surface area contributed by atoms with Crippen molar-refractivity contribution in [1.29, 1.82) is 0 Å². The Morgan fingerprint density at radius 3 is 2.54 bits per heavy atom. The first-order valence-corrected chi connectivity index (χ1v) is 12.3. The summed E-state index contributed by atoms with van der Waals surface area (Å²) in [5.41, 5.74) is 4.43. The van der Waals surface area contributed by atoms with Gasteiger partial charge in [0.2, 0.25) is 0 Å². The SMILES string of the molecule is Cc1cc(C(=O)Nc2ccc(Oc3cc4cnn(C)c4cc3-c3cn[nH]c3)cc2)c(=O)n(-c2ccccc2)c1. The minimum Gasteiger partial charge on any atom is -0.457 e. The van der Waals surface area contributed by atoms with E-state index >= 15 is 0 Å². The van der Waals surface area contributed by atoms with Gasteiger partial charge in [-0.05, 0) is 67.1 Å². The maximum atomic E-state index is 13.1. The zero-order valence-electron chi connectivity index (χ0n) is 21.3. The Labute approximate surface area is 223 Å². The lowest BCUT2D eigenvalue weighted by Gasteiger charge is -2.13. The third-order valence-corrected chi connectivity index (χ3v) is 6.43. The lowest BCUT2D eigenvalue weighted by Crippen LogP contribution is -2.28. The minimum atomic E-state index is -0.480. The van der Waals surface area contributed by atoms with E-state index < -0.39 is 5.91 Å².